The minimum Gasteiger partial charge on any atom is -0.493 e. The van der Waals surface area contributed by atoms with Crippen LogP contribution in [0.5, 0.6) is 11.5 Å². The molecule has 0 fully saturated rings. The first kappa shape index (κ1) is 14.1. The van der Waals surface area contributed by atoms with Crippen LogP contribution in [0.1, 0.15) is 5.56 Å². The highest BCUT2D eigenvalue weighted by atomic mass is 32.1. The van der Waals surface area contributed by atoms with E-state index in [-0.39, 0.29) is 5.91 Å². The molecule has 0 aliphatic carbocycles. The van der Waals surface area contributed by atoms with E-state index in [1.165, 1.54) is 17.4 Å². The second-order valence-corrected chi connectivity index (χ2v) is 4.67. The smallest absolute Gasteiger partial charge is 0.250 e. The van der Waals surface area contributed by atoms with Gasteiger partial charge in [0.25, 0.3) is 0 Å². The number of nitrogens with zero attached hydrogens (tertiary/aromatic N) is 1. The first-order chi connectivity index (χ1) is 9.72. The lowest BCUT2D eigenvalue weighted by Crippen LogP contribution is -2.07. The largest absolute Gasteiger partial charge is 0.493 e. The van der Waals surface area contributed by atoms with E-state index in [9.17, 15) is 4.79 Å². The standard InChI is InChI=1S/C14H14N2O3S/c1-18-11-5-3-10(9-12(11)19-2)4-6-13(17)16-14-15-7-8-20-14/h3-9H,1-2H3,(H,15,16,17)/b6-4-. The molecule has 1 aromatic heterocycles. The predicted octanol–water partition coefficient (Wildman–Crippen LogP) is 2.81. The third-order valence-electron chi connectivity index (χ3n) is 2.50. The number of hydrogen-bond acceptors (Lipinski definition) is 5. The molecule has 6 heteroatoms. The van der Waals surface area contributed by atoms with Crippen molar-refractivity contribution in [1.82, 2.24) is 4.98 Å². The van der Waals surface area contributed by atoms with Crippen molar-refractivity contribution < 1.29 is 14.3 Å². The average molecular weight is 290 g/mol. The van der Waals surface area contributed by atoms with Gasteiger partial charge in [-0.3, -0.25) is 10.1 Å². The van der Waals surface area contributed by atoms with Crippen molar-refractivity contribution in [3.63, 3.8) is 0 Å². The normalized spacial score (nSPS) is 10.5. The van der Waals surface area contributed by atoms with Gasteiger partial charge in [-0.25, -0.2) is 4.98 Å². The van der Waals surface area contributed by atoms with E-state index in [1.807, 2.05) is 6.07 Å². The summed E-state index contributed by atoms with van der Waals surface area (Å²) in [5.41, 5.74) is 0.844. The number of hydrogen-bond donors (Lipinski definition) is 1. The van der Waals surface area contributed by atoms with Crippen molar-refractivity contribution in [2.75, 3.05) is 19.5 Å². The van der Waals surface area contributed by atoms with Crippen LogP contribution in [0.4, 0.5) is 5.13 Å². The molecule has 2 rings (SSSR count). The highest BCUT2D eigenvalue weighted by Gasteiger charge is 2.03. The minimum absolute atomic E-state index is 0.227. The molecule has 1 amide bonds. The van der Waals surface area contributed by atoms with Crippen molar-refractivity contribution in [1.29, 1.82) is 0 Å². The predicted molar refractivity (Wildman–Crippen MR) is 79.3 cm³/mol. The molecule has 0 atom stereocenters. The molecular weight excluding hydrogens is 276 g/mol. The Bertz CT molecular complexity index is 609. The van der Waals surface area contributed by atoms with E-state index in [1.54, 1.807) is 44.0 Å². The van der Waals surface area contributed by atoms with Gasteiger partial charge in [0.2, 0.25) is 5.91 Å². The van der Waals surface area contributed by atoms with Crippen molar-refractivity contribution in [2.45, 2.75) is 0 Å². The molecule has 1 heterocycles. The number of anilines is 1. The molecule has 1 aromatic carbocycles. The Labute approximate surface area is 120 Å². The van der Waals surface area contributed by atoms with Crippen LogP contribution >= 0.6 is 11.3 Å². The summed E-state index contributed by atoms with van der Waals surface area (Å²) in [5, 5.41) is 5.04. The fourth-order valence-electron chi connectivity index (χ4n) is 1.56. The van der Waals surface area contributed by atoms with Gasteiger partial charge < -0.3 is 9.47 Å². The molecule has 0 aliphatic rings. The van der Waals surface area contributed by atoms with Crippen LogP contribution < -0.4 is 14.8 Å². The lowest BCUT2D eigenvalue weighted by Gasteiger charge is -2.07. The number of thiazole rings is 1. The van der Waals surface area contributed by atoms with E-state index in [2.05, 4.69) is 10.3 Å². The van der Waals surface area contributed by atoms with Gasteiger partial charge in [0.15, 0.2) is 16.6 Å². The zero-order valence-corrected chi connectivity index (χ0v) is 11.9. The Hall–Kier alpha value is -2.34. The zero-order chi connectivity index (χ0) is 14.4. The number of carbonyl (C=O) groups excluding carboxylic acids is 1. The van der Waals surface area contributed by atoms with Crippen LogP contribution in [-0.2, 0) is 4.79 Å². The van der Waals surface area contributed by atoms with Gasteiger partial charge in [0, 0.05) is 17.7 Å². The summed E-state index contributed by atoms with van der Waals surface area (Å²) >= 11 is 1.37. The minimum atomic E-state index is -0.227. The Morgan fingerprint density at radius 2 is 2.10 bits per heavy atom. The summed E-state index contributed by atoms with van der Waals surface area (Å²) in [6.07, 6.45) is 4.78. The number of rotatable bonds is 5. The highest BCUT2D eigenvalue weighted by Crippen LogP contribution is 2.27. The summed E-state index contributed by atoms with van der Waals surface area (Å²) in [6.45, 7) is 0. The molecule has 0 spiro atoms. The van der Waals surface area contributed by atoms with Gasteiger partial charge in [-0.2, -0.15) is 0 Å². The monoisotopic (exact) mass is 290 g/mol. The van der Waals surface area contributed by atoms with Crippen LogP contribution in [0.2, 0.25) is 0 Å². The summed E-state index contributed by atoms with van der Waals surface area (Å²) in [6, 6.07) is 5.43. The van der Waals surface area contributed by atoms with Gasteiger partial charge in [-0.1, -0.05) is 6.07 Å². The molecule has 0 saturated heterocycles. The molecule has 5 nitrogen and oxygen atoms in total. The lowest BCUT2D eigenvalue weighted by molar-refractivity contribution is -0.111. The van der Waals surface area contributed by atoms with E-state index >= 15 is 0 Å². The van der Waals surface area contributed by atoms with Crippen LogP contribution in [0.15, 0.2) is 35.9 Å². The van der Waals surface area contributed by atoms with Crippen LogP contribution in [0.25, 0.3) is 6.08 Å². The molecule has 0 saturated carbocycles. The molecule has 1 N–H and O–H groups in total. The summed E-state index contributed by atoms with van der Waals surface area (Å²) in [5.74, 6) is 1.04. The van der Waals surface area contributed by atoms with Gasteiger partial charge in [0.05, 0.1) is 14.2 Å². The number of nitrogens with one attached hydrogen (secondary N) is 1. The summed E-state index contributed by atoms with van der Waals surface area (Å²) < 4.78 is 10.4. The SMILES string of the molecule is COc1ccc(/C=C\C(=O)Nc2nccs2)cc1OC. The molecular formula is C14H14N2O3S. The zero-order valence-electron chi connectivity index (χ0n) is 11.1. The van der Waals surface area contributed by atoms with E-state index < -0.39 is 0 Å². The molecule has 0 aliphatic heterocycles. The number of amides is 1. The molecule has 2 aromatic rings. The fraction of sp³-hybridized carbons (Fsp3) is 0.143. The quantitative estimate of drug-likeness (QED) is 0.860. The number of aromatic nitrogens is 1. The van der Waals surface area contributed by atoms with Crippen LogP contribution in [0, 0.1) is 0 Å². The maximum Gasteiger partial charge on any atom is 0.250 e. The second-order valence-electron chi connectivity index (χ2n) is 3.77. The third kappa shape index (κ3) is 3.58. The van der Waals surface area contributed by atoms with Crippen LogP contribution in [0.3, 0.4) is 0 Å². The summed E-state index contributed by atoms with van der Waals surface area (Å²) in [4.78, 5) is 15.7. The van der Waals surface area contributed by atoms with Crippen molar-refractivity contribution >= 4 is 28.5 Å². The number of benzene rings is 1. The first-order valence-electron chi connectivity index (χ1n) is 5.83. The van der Waals surface area contributed by atoms with Crippen LogP contribution in [-0.4, -0.2) is 25.1 Å². The summed E-state index contributed by atoms with van der Waals surface area (Å²) in [7, 11) is 3.15. The first-order valence-corrected chi connectivity index (χ1v) is 6.71. The topological polar surface area (TPSA) is 60.5 Å². The van der Waals surface area contributed by atoms with Gasteiger partial charge >= 0.3 is 0 Å². The second kappa shape index (κ2) is 6.72. The Morgan fingerprint density at radius 3 is 2.75 bits per heavy atom. The van der Waals surface area contributed by atoms with Crippen molar-refractivity contribution in [2.24, 2.45) is 0 Å². The number of ether oxygens (including phenoxy) is 2. The van der Waals surface area contributed by atoms with E-state index in [0.29, 0.717) is 16.6 Å². The van der Waals surface area contributed by atoms with Crippen molar-refractivity contribution in [3.05, 3.63) is 41.4 Å². The third-order valence-corrected chi connectivity index (χ3v) is 3.19. The Morgan fingerprint density at radius 1 is 1.30 bits per heavy atom. The number of methoxy groups -OCH3 is 2. The highest BCUT2D eigenvalue weighted by molar-refractivity contribution is 7.13. The maximum atomic E-state index is 11.7. The van der Waals surface area contributed by atoms with Gasteiger partial charge in [-0.15, -0.1) is 11.3 Å². The van der Waals surface area contributed by atoms with Gasteiger partial charge in [0.1, 0.15) is 0 Å². The van der Waals surface area contributed by atoms with Crippen molar-refractivity contribution in [3.8, 4) is 11.5 Å². The Balaban J connectivity index is 2.05. The van der Waals surface area contributed by atoms with Gasteiger partial charge in [-0.05, 0) is 23.8 Å². The average Bonchev–Trinajstić information content (AvgIpc) is 2.97. The fourth-order valence-corrected chi connectivity index (χ4v) is 2.09. The molecule has 0 radical (unpaired) electrons. The van der Waals surface area contributed by atoms with E-state index in [4.69, 9.17) is 9.47 Å². The molecule has 104 valence electrons. The molecule has 0 bridgehead atoms. The molecule has 0 unspecified atom stereocenters. The Kier molecular flexibility index (Phi) is 4.73. The maximum absolute atomic E-state index is 11.7. The molecule has 20 heavy (non-hydrogen) atoms. The lowest BCUT2D eigenvalue weighted by atomic mass is 10.2. The number of carbonyl (C=O) groups is 1. The van der Waals surface area contributed by atoms with E-state index in [0.717, 1.165) is 5.56 Å².